The molecule has 22 heavy (non-hydrogen) atoms. The Balaban J connectivity index is 2.40. The molecule has 1 aliphatic rings. The van der Waals surface area contributed by atoms with Gasteiger partial charge in [-0.25, -0.2) is 0 Å². The fourth-order valence-electron chi connectivity index (χ4n) is 2.37. The molecule has 0 aromatic heterocycles. The lowest BCUT2D eigenvalue weighted by molar-refractivity contribution is -0.125. The van der Waals surface area contributed by atoms with Crippen LogP contribution in [0.15, 0.2) is 17.7 Å². The molecule has 0 aliphatic carbocycles. The highest BCUT2D eigenvalue weighted by Crippen LogP contribution is 2.30. The van der Waals surface area contributed by atoms with E-state index >= 15 is 0 Å². The van der Waals surface area contributed by atoms with Gasteiger partial charge in [-0.2, -0.15) is 5.26 Å². The first-order valence-electron chi connectivity index (χ1n) is 7.09. The highest BCUT2D eigenvalue weighted by Gasteiger charge is 2.22. The number of carbonyl (C=O) groups is 1. The van der Waals surface area contributed by atoms with Crippen LogP contribution in [-0.2, 0) is 4.79 Å². The van der Waals surface area contributed by atoms with Crippen molar-refractivity contribution in [3.63, 3.8) is 0 Å². The Labute approximate surface area is 157 Å². The van der Waals surface area contributed by atoms with Crippen molar-refractivity contribution in [3.8, 4) is 11.8 Å². The molecule has 1 aromatic carbocycles. The number of nitriles is 1. The third-order valence-corrected chi connectivity index (χ3v) is 4.79. The number of ether oxygens (including phenoxy) is 1. The van der Waals surface area contributed by atoms with Crippen LogP contribution >= 0.6 is 45.2 Å². The zero-order valence-corrected chi connectivity index (χ0v) is 16.5. The van der Waals surface area contributed by atoms with Crippen molar-refractivity contribution in [2.24, 2.45) is 0 Å². The SMILES string of the molecule is CCOc1c(I)cc(I)cc1/C=C(\C#N)C(=O)N1CCCC1. The molecular weight excluding hydrogens is 506 g/mol. The minimum Gasteiger partial charge on any atom is -0.492 e. The summed E-state index contributed by atoms with van der Waals surface area (Å²) in [5.74, 6) is 0.543. The third kappa shape index (κ3) is 4.13. The van der Waals surface area contributed by atoms with Crippen LogP contribution in [0.25, 0.3) is 6.08 Å². The van der Waals surface area contributed by atoms with E-state index in [1.54, 1.807) is 11.0 Å². The van der Waals surface area contributed by atoms with Crippen LogP contribution in [0.3, 0.4) is 0 Å². The molecule has 1 amide bonds. The maximum Gasteiger partial charge on any atom is 0.264 e. The van der Waals surface area contributed by atoms with Crippen molar-refractivity contribution in [1.29, 1.82) is 5.26 Å². The van der Waals surface area contributed by atoms with Gasteiger partial charge in [0.2, 0.25) is 0 Å². The summed E-state index contributed by atoms with van der Waals surface area (Å²) in [4.78, 5) is 14.2. The summed E-state index contributed by atoms with van der Waals surface area (Å²) in [6, 6.07) is 5.99. The lowest BCUT2D eigenvalue weighted by Gasteiger charge is -2.15. The summed E-state index contributed by atoms with van der Waals surface area (Å²) < 4.78 is 7.70. The van der Waals surface area contributed by atoms with E-state index in [1.165, 1.54) is 0 Å². The van der Waals surface area contributed by atoms with E-state index in [9.17, 15) is 10.1 Å². The Kier molecular flexibility index (Phi) is 6.50. The maximum atomic E-state index is 12.4. The van der Waals surface area contributed by atoms with Gasteiger partial charge >= 0.3 is 0 Å². The van der Waals surface area contributed by atoms with Crippen molar-refractivity contribution in [2.45, 2.75) is 19.8 Å². The van der Waals surface area contributed by atoms with Crippen LogP contribution in [0.5, 0.6) is 5.75 Å². The van der Waals surface area contributed by atoms with E-state index in [1.807, 2.05) is 25.1 Å². The average Bonchev–Trinajstić information content (AvgIpc) is 3.01. The molecule has 2 rings (SSSR count). The van der Waals surface area contributed by atoms with E-state index in [0.717, 1.165) is 44.4 Å². The summed E-state index contributed by atoms with van der Waals surface area (Å²) in [6.45, 7) is 3.93. The Bertz CT molecular complexity index is 644. The van der Waals surface area contributed by atoms with Gasteiger partial charge < -0.3 is 9.64 Å². The highest BCUT2D eigenvalue weighted by atomic mass is 127. The smallest absolute Gasteiger partial charge is 0.264 e. The van der Waals surface area contributed by atoms with Crippen LogP contribution in [0.1, 0.15) is 25.3 Å². The summed E-state index contributed by atoms with van der Waals surface area (Å²) in [6.07, 6.45) is 3.67. The van der Waals surface area contributed by atoms with E-state index in [0.29, 0.717) is 6.61 Å². The monoisotopic (exact) mass is 522 g/mol. The molecule has 0 unspecified atom stereocenters. The number of amides is 1. The van der Waals surface area contributed by atoms with Crippen molar-refractivity contribution in [3.05, 3.63) is 30.4 Å². The number of nitrogens with zero attached hydrogens (tertiary/aromatic N) is 2. The second-order valence-electron chi connectivity index (χ2n) is 4.91. The van der Waals surface area contributed by atoms with E-state index in [2.05, 4.69) is 45.2 Å². The topological polar surface area (TPSA) is 53.3 Å². The molecule has 0 atom stereocenters. The zero-order chi connectivity index (χ0) is 16.1. The van der Waals surface area contributed by atoms with Gasteiger partial charge in [0.25, 0.3) is 5.91 Å². The maximum absolute atomic E-state index is 12.4. The van der Waals surface area contributed by atoms with Crippen molar-refractivity contribution >= 4 is 57.2 Å². The molecule has 1 fully saturated rings. The Morgan fingerprint density at radius 2 is 2.09 bits per heavy atom. The van der Waals surface area contributed by atoms with E-state index in [-0.39, 0.29) is 11.5 Å². The number of hydrogen-bond acceptors (Lipinski definition) is 3. The number of hydrogen-bond donors (Lipinski definition) is 0. The number of likely N-dealkylation sites (tertiary alicyclic amines) is 1. The fourth-order valence-corrected chi connectivity index (χ4v) is 4.42. The first kappa shape index (κ1) is 17.5. The average molecular weight is 522 g/mol. The molecule has 0 saturated carbocycles. The molecule has 4 nitrogen and oxygen atoms in total. The van der Waals surface area contributed by atoms with Gasteiger partial charge in [-0.15, -0.1) is 0 Å². The van der Waals surface area contributed by atoms with Crippen LogP contribution in [-0.4, -0.2) is 30.5 Å². The van der Waals surface area contributed by atoms with Crippen molar-refractivity contribution in [2.75, 3.05) is 19.7 Å². The summed E-state index contributed by atoms with van der Waals surface area (Å²) in [5, 5.41) is 9.37. The van der Waals surface area contributed by atoms with Crippen LogP contribution in [0.2, 0.25) is 0 Å². The first-order valence-corrected chi connectivity index (χ1v) is 9.25. The normalized spacial score (nSPS) is 14.8. The molecule has 1 saturated heterocycles. The molecular formula is C16H16I2N2O2. The van der Waals surface area contributed by atoms with Gasteiger partial charge in [0, 0.05) is 22.2 Å². The molecule has 116 valence electrons. The Hall–Kier alpha value is -0.820. The van der Waals surface area contributed by atoms with Gasteiger partial charge in [0.05, 0.1) is 10.2 Å². The highest BCUT2D eigenvalue weighted by molar-refractivity contribution is 14.1. The van der Waals surface area contributed by atoms with Gasteiger partial charge in [0.15, 0.2) is 0 Å². The Morgan fingerprint density at radius 1 is 1.41 bits per heavy atom. The molecule has 0 bridgehead atoms. The number of halogens is 2. The van der Waals surface area contributed by atoms with Crippen LogP contribution in [0.4, 0.5) is 0 Å². The minimum absolute atomic E-state index is 0.167. The van der Waals surface area contributed by atoms with Gasteiger partial charge in [0.1, 0.15) is 17.4 Å². The molecule has 0 N–H and O–H groups in total. The summed E-state index contributed by atoms with van der Waals surface area (Å²) in [5.41, 5.74) is 0.947. The second kappa shape index (κ2) is 8.15. The number of rotatable bonds is 4. The number of benzene rings is 1. The van der Waals surface area contributed by atoms with Gasteiger partial charge in [-0.05, 0) is 83.2 Å². The molecule has 1 aliphatic heterocycles. The van der Waals surface area contributed by atoms with Crippen LogP contribution < -0.4 is 4.74 Å². The molecule has 0 radical (unpaired) electrons. The van der Waals surface area contributed by atoms with Crippen LogP contribution in [0, 0.1) is 18.5 Å². The molecule has 6 heteroatoms. The predicted molar refractivity (Wildman–Crippen MR) is 102 cm³/mol. The zero-order valence-electron chi connectivity index (χ0n) is 12.2. The predicted octanol–water partition coefficient (Wildman–Crippen LogP) is 3.82. The molecule has 1 heterocycles. The van der Waals surface area contributed by atoms with Crippen molar-refractivity contribution < 1.29 is 9.53 Å². The Morgan fingerprint density at radius 3 is 2.68 bits per heavy atom. The van der Waals surface area contributed by atoms with E-state index < -0.39 is 0 Å². The second-order valence-corrected chi connectivity index (χ2v) is 7.32. The fraction of sp³-hybridized carbons (Fsp3) is 0.375. The molecule has 0 spiro atoms. The largest absolute Gasteiger partial charge is 0.492 e. The lowest BCUT2D eigenvalue weighted by atomic mass is 10.1. The quantitative estimate of drug-likeness (QED) is 0.344. The van der Waals surface area contributed by atoms with Gasteiger partial charge in [-0.3, -0.25) is 4.79 Å². The lowest BCUT2D eigenvalue weighted by Crippen LogP contribution is -2.28. The first-order chi connectivity index (χ1) is 10.6. The minimum atomic E-state index is -0.184. The van der Waals surface area contributed by atoms with E-state index in [4.69, 9.17) is 4.74 Å². The number of carbonyl (C=O) groups excluding carboxylic acids is 1. The van der Waals surface area contributed by atoms with Gasteiger partial charge in [-0.1, -0.05) is 0 Å². The standard InChI is InChI=1S/C16H16I2N2O2/c1-2-22-15-11(8-13(17)9-14(15)18)7-12(10-19)16(21)20-5-3-4-6-20/h7-9H,2-6H2,1H3/b12-7+. The summed E-state index contributed by atoms with van der Waals surface area (Å²) >= 11 is 4.43. The third-order valence-electron chi connectivity index (χ3n) is 3.37. The summed E-state index contributed by atoms with van der Waals surface area (Å²) in [7, 11) is 0. The van der Waals surface area contributed by atoms with Crippen molar-refractivity contribution in [1.82, 2.24) is 4.90 Å². The molecule has 1 aromatic rings.